The maximum Gasteiger partial charge on any atom is 0.277 e. The molecule has 2 atom stereocenters. The molecule has 10 heteroatoms. The number of halogens is 4. The average Bonchev–Trinajstić information content (AvgIpc) is 2.66. The smallest absolute Gasteiger partial charge is 0.277 e. The Morgan fingerprint density at radius 1 is 1.32 bits per heavy atom. The number of nitrogens with one attached hydrogen (secondary N) is 1. The van der Waals surface area contributed by atoms with Crippen molar-refractivity contribution in [2.75, 3.05) is 12.4 Å². The normalized spacial score (nSPS) is 21.0. The van der Waals surface area contributed by atoms with Crippen molar-refractivity contribution in [3.63, 3.8) is 0 Å². The van der Waals surface area contributed by atoms with E-state index in [1.165, 1.54) is 31.5 Å². The van der Waals surface area contributed by atoms with E-state index < -0.39 is 47.7 Å². The van der Waals surface area contributed by atoms with Gasteiger partial charge < -0.3 is 15.8 Å². The number of aromatic nitrogens is 1. The van der Waals surface area contributed by atoms with Crippen LogP contribution in [0.2, 0.25) is 0 Å². The summed E-state index contributed by atoms with van der Waals surface area (Å²) in [4.78, 5) is 19.6. The van der Waals surface area contributed by atoms with Crippen molar-refractivity contribution in [3.8, 4) is 5.75 Å². The number of amides is 1. The van der Waals surface area contributed by atoms with Crippen LogP contribution in [-0.4, -0.2) is 35.9 Å². The number of aliphatic imine (C=N–C) groups is 1. The Labute approximate surface area is 157 Å². The number of rotatable bonds is 4. The Kier molecular flexibility index (Phi) is 5.21. The topological polar surface area (TPSA) is 89.6 Å². The first-order chi connectivity index (χ1) is 13.2. The Morgan fingerprint density at radius 2 is 2.07 bits per heavy atom. The number of pyridine rings is 1. The molecular formula is C18H16F4N4O2. The van der Waals surface area contributed by atoms with E-state index >= 15 is 0 Å². The van der Waals surface area contributed by atoms with Gasteiger partial charge in [-0.3, -0.25) is 9.79 Å². The van der Waals surface area contributed by atoms with Gasteiger partial charge in [-0.25, -0.2) is 22.5 Å². The SMILES string of the molecule is COc1ccc(C(=O)Nc2ccc(F)c(C3N=C(N)C(F)CC3(F)F)c2)nc1. The number of hydrogen-bond acceptors (Lipinski definition) is 5. The van der Waals surface area contributed by atoms with E-state index in [0.29, 0.717) is 5.75 Å². The number of carbonyl (C=O) groups is 1. The van der Waals surface area contributed by atoms with Gasteiger partial charge in [0.1, 0.15) is 29.1 Å². The first-order valence-electron chi connectivity index (χ1n) is 8.17. The molecule has 0 saturated carbocycles. The van der Waals surface area contributed by atoms with Crippen LogP contribution in [0.15, 0.2) is 41.5 Å². The zero-order chi connectivity index (χ0) is 20.5. The summed E-state index contributed by atoms with van der Waals surface area (Å²) < 4.78 is 61.0. The van der Waals surface area contributed by atoms with Crippen molar-refractivity contribution in [1.82, 2.24) is 4.98 Å². The van der Waals surface area contributed by atoms with E-state index in [9.17, 15) is 22.4 Å². The summed E-state index contributed by atoms with van der Waals surface area (Å²) in [5.74, 6) is -5.42. The molecule has 0 spiro atoms. The number of ether oxygens (including phenoxy) is 1. The summed E-state index contributed by atoms with van der Waals surface area (Å²) in [7, 11) is 1.44. The quantitative estimate of drug-likeness (QED) is 0.777. The lowest BCUT2D eigenvalue weighted by Crippen LogP contribution is -2.41. The minimum Gasteiger partial charge on any atom is -0.495 e. The highest BCUT2D eigenvalue weighted by Crippen LogP contribution is 2.43. The number of methoxy groups -OCH3 is 1. The highest BCUT2D eigenvalue weighted by atomic mass is 19.3. The van der Waals surface area contributed by atoms with E-state index in [2.05, 4.69) is 15.3 Å². The maximum absolute atomic E-state index is 14.2. The highest BCUT2D eigenvalue weighted by Gasteiger charge is 2.48. The molecule has 0 radical (unpaired) electrons. The first-order valence-corrected chi connectivity index (χ1v) is 8.17. The molecule has 1 aliphatic heterocycles. The monoisotopic (exact) mass is 396 g/mol. The van der Waals surface area contributed by atoms with Gasteiger partial charge in [-0.15, -0.1) is 0 Å². The molecule has 28 heavy (non-hydrogen) atoms. The van der Waals surface area contributed by atoms with Gasteiger partial charge in [-0.2, -0.15) is 0 Å². The molecule has 3 N–H and O–H groups in total. The van der Waals surface area contributed by atoms with Crippen LogP contribution in [-0.2, 0) is 0 Å². The molecule has 148 valence electrons. The summed E-state index contributed by atoms with van der Waals surface area (Å²) in [5, 5.41) is 2.44. The van der Waals surface area contributed by atoms with Gasteiger partial charge in [0.15, 0.2) is 6.17 Å². The minimum atomic E-state index is -3.64. The second kappa shape index (κ2) is 7.45. The third-order valence-electron chi connectivity index (χ3n) is 4.20. The van der Waals surface area contributed by atoms with E-state index in [1.807, 2.05) is 0 Å². The fourth-order valence-electron chi connectivity index (χ4n) is 2.74. The van der Waals surface area contributed by atoms with E-state index in [-0.39, 0.29) is 11.4 Å². The number of carbonyl (C=O) groups excluding carboxylic acids is 1. The fraction of sp³-hybridized carbons (Fsp3) is 0.278. The van der Waals surface area contributed by atoms with Crippen LogP contribution < -0.4 is 15.8 Å². The number of nitrogens with zero attached hydrogens (tertiary/aromatic N) is 2. The Balaban J connectivity index is 1.88. The molecule has 1 aromatic carbocycles. The number of nitrogens with two attached hydrogens (primary N) is 1. The number of amidine groups is 1. The van der Waals surface area contributed by atoms with Crippen molar-refractivity contribution in [1.29, 1.82) is 0 Å². The molecule has 0 aliphatic carbocycles. The summed E-state index contributed by atoms with van der Waals surface area (Å²) in [6.45, 7) is 0. The molecule has 0 bridgehead atoms. The van der Waals surface area contributed by atoms with Crippen LogP contribution in [0.3, 0.4) is 0 Å². The minimum absolute atomic E-state index is 0.0391. The molecule has 1 aromatic heterocycles. The van der Waals surface area contributed by atoms with Crippen molar-refractivity contribution < 1.29 is 27.1 Å². The molecule has 0 fully saturated rings. The predicted molar refractivity (Wildman–Crippen MR) is 94.0 cm³/mol. The van der Waals surface area contributed by atoms with Crippen LogP contribution in [0.4, 0.5) is 23.2 Å². The number of benzene rings is 1. The van der Waals surface area contributed by atoms with Crippen LogP contribution in [0.1, 0.15) is 28.5 Å². The van der Waals surface area contributed by atoms with Crippen LogP contribution >= 0.6 is 0 Å². The van der Waals surface area contributed by atoms with Crippen molar-refractivity contribution >= 4 is 17.4 Å². The summed E-state index contributed by atoms with van der Waals surface area (Å²) in [6, 6.07) is 4.06. The molecular weight excluding hydrogens is 380 g/mol. The van der Waals surface area contributed by atoms with Crippen LogP contribution in [0.25, 0.3) is 0 Å². The third kappa shape index (κ3) is 3.90. The van der Waals surface area contributed by atoms with E-state index in [4.69, 9.17) is 10.5 Å². The largest absolute Gasteiger partial charge is 0.495 e. The zero-order valence-electron chi connectivity index (χ0n) is 14.6. The molecule has 2 heterocycles. The maximum atomic E-state index is 14.2. The highest BCUT2D eigenvalue weighted by molar-refractivity contribution is 6.02. The molecule has 6 nitrogen and oxygen atoms in total. The Hall–Kier alpha value is -3.17. The lowest BCUT2D eigenvalue weighted by atomic mass is 9.93. The van der Waals surface area contributed by atoms with Gasteiger partial charge >= 0.3 is 0 Å². The Morgan fingerprint density at radius 3 is 2.71 bits per heavy atom. The third-order valence-corrected chi connectivity index (χ3v) is 4.20. The Bertz CT molecular complexity index is 918. The second-order valence-electron chi connectivity index (χ2n) is 6.16. The van der Waals surface area contributed by atoms with Crippen molar-refractivity contribution in [2.24, 2.45) is 10.7 Å². The van der Waals surface area contributed by atoms with E-state index in [1.54, 1.807) is 0 Å². The van der Waals surface area contributed by atoms with Gasteiger partial charge in [0, 0.05) is 11.3 Å². The second-order valence-corrected chi connectivity index (χ2v) is 6.16. The predicted octanol–water partition coefficient (Wildman–Crippen LogP) is 3.26. The number of hydrogen-bond donors (Lipinski definition) is 2. The van der Waals surface area contributed by atoms with Crippen LogP contribution in [0, 0.1) is 5.82 Å². The molecule has 1 amide bonds. The van der Waals surface area contributed by atoms with E-state index in [0.717, 1.165) is 12.1 Å². The van der Waals surface area contributed by atoms with Gasteiger partial charge in [0.2, 0.25) is 0 Å². The molecule has 1 aliphatic rings. The number of alkyl halides is 3. The summed E-state index contributed by atoms with van der Waals surface area (Å²) in [6.07, 6.45) is -1.96. The van der Waals surface area contributed by atoms with Crippen molar-refractivity contribution in [3.05, 3.63) is 53.6 Å². The lowest BCUT2D eigenvalue weighted by Gasteiger charge is -2.30. The van der Waals surface area contributed by atoms with Gasteiger partial charge in [0.05, 0.1) is 19.7 Å². The molecule has 0 saturated heterocycles. The summed E-state index contributed by atoms with van der Waals surface area (Å²) >= 11 is 0. The molecule has 3 rings (SSSR count). The summed E-state index contributed by atoms with van der Waals surface area (Å²) in [5.41, 5.74) is 4.91. The van der Waals surface area contributed by atoms with Gasteiger partial charge in [-0.1, -0.05) is 0 Å². The lowest BCUT2D eigenvalue weighted by molar-refractivity contribution is -0.0511. The average molecular weight is 396 g/mol. The first kappa shape index (κ1) is 19.6. The molecule has 2 aromatic rings. The fourth-order valence-corrected chi connectivity index (χ4v) is 2.74. The van der Waals surface area contributed by atoms with Crippen molar-refractivity contribution in [2.45, 2.75) is 24.6 Å². The number of anilines is 1. The van der Waals surface area contributed by atoms with Gasteiger partial charge in [0.25, 0.3) is 11.8 Å². The molecule has 2 unspecified atom stereocenters. The van der Waals surface area contributed by atoms with Crippen LogP contribution in [0.5, 0.6) is 5.75 Å². The van der Waals surface area contributed by atoms with Gasteiger partial charge in [-0.05, 0) is 30.3 Å². The zero-order valence-corrected chi connectivity index (χ0v) is 14.6. The standard InChI is InChI=1S/C18H16F4N4O2/c1-28-10-3-5-14(24-8-10)17(27)25-9-2-4-12(19)11(6-9)15-18(21,22)7-13(20)16(23)26-15/h2-6,8,13,15H,7H2,1H3,(H2,23,26)(H,25,27).